The van der Waals surface area contributed by atoms with Crippen LogP contribution in [0.3, 0.4) is 0 Å². The van der Waals surface area contributed by atoms with Crippen LogP contribution in [0.4, 0.5) is 8.78 Å². The zero-order valence-corrected chi connectivity index (χ0v) is 11.3. The van der Waals surface area contributed by atoms with Crippen molar-refractivity contribution in [2.75, 3.05) is 13.1 Å². The number of benzene rings is 1. The van der Waals surface area contributed by atoms with Crippen molar-refractivity contribution in [3.63, 3.8) is 0 Å². The van der Waals surface area contributed by atoms with E-state index < -0.39 is 11.6 Å². The highest BCUT2D eigenvalue weighted by Gasteiger charge is 2.11. The number of hydrogen-bond donors (Lipinski definition) is 2. The third-order valence-electron chi connectivity index (χ3n) is 2.80. The predicted octanol–water partition coefficient (Wildman–Crippen LogP) is 2.53. The van der Waals surface area contributed by atoms with Crippen molar-refractivity contribution in [2.45, 2.75) is 32.7 Å². The molecule has 0 radical (unpaired) electrons. The topological polar surface area (TPSA) is 41.1 Å². The molecule has 3 nitrogen and oxygen atoms in total. The maximum atomic E-state index is 13.5. The van der Waals surface area contributed by atoms with Crippen LogP contribution < -0.4 is 10.6 Å². The van der Waals surface area contributed by atoms with Crippen molar-refractivity contribution >= 4 is 5.91 Å². The molecule has 1 rings (SSSR count). The SMILES string of the molecule is CCCNC(=O)CCNC(C)c1cc(F)ccc1F. The molecule has 1 atom stereocenters. The van der Waals surface area contributed by atoms with Crippen molar-refractivity contribution in [3.8, 4) is 0 Å². The minimum Gasteiger partial charge on any atom is -0.356 e. The number of rotatable bonds is 7. The van der Waals surface area contributed by atoms with Gasteiger partial charge in [-0.05, 0) is 31.5 Å². The van der Waals surface area contributed by atoms with Gasteiger partial charge in [0.05, 0.1) is 0 Å². The predicted molar refractivity (Wildman–Crippen MR) is 70.7 cm³/mol. The van der Waals surface area contributed by atoms with Gasteiger partial charge >= 0.3 is 0 Å². The molecule has 2 N–H and O–H groups in total. The lowest BCUT2D eigenvalue weighted by molar-refractivity contribution is -0.121. The molecule has 0 saturated heterocycles. The van der Waals surface area contributed by atoms with Crippen LogP contribution in [0.5, 0.6) is 0 Å². The van der Waals surface area contributed by atoms with Gasteiger partial charge in [-0.25, -0.2) is 8.78 Å². The lowest BCUT2D eigenvalue weighted by atomic mass is 10.1. The molecule has 1 unspecified atom stereocenters. The van der Waals surface area contributed by atoms with E-state index in [0.717, 1.165) is 18.6 Å². The standard InChI is InChI=1S/C14H20F2N2O/c1-3-7-18-14(19)6-8-17-10(2)12-9-11(15)4-5-13(12)16/h4-5,9-10,17H,3,6-8H2,1-2H3,(H,18,19). The van der Waals surface area contributed by atoms with Gasteiger partial charge in [0.1, 0.15) is 11.6 Å². The molecule has 1 aromatic rings. The van der Waals surface area contributed by atoms with E-state index in [9.17, 15) is 13.6 Å². The molecule has 19 heavy (non-hydrogen) atoms. The van der Waals surface area contributed by atoms with E-state index in [4.69, 9.17) is 0 Å². The summed E-state index contributed by atoms with van der Waals surface area (Å²) in [6.07, 6.45) is 1.21. The summed E-state index contributed by atoms with van der Waals surface area (Å²) in [5.74, 6) is -0.955. The van der Waals surface area contributed by atoms with E-state index >= 15 is 0 Å². The van der Waals surface area contributed by atoms with Crippen molar-refractivity contribution in [1.29, 1.82) is 0 Å². The van der Waals surface area contributed by atoms with Crippen LogP contribution in [0.15, 0.2) is 18.2 Å². The molecule has 0 fully saturated rings. The Morgan fingerprint density at radius 2 is 2.05 bits per heavy atom. The van der Waals surface area contributed by atoms with Crippen LogP contribution in [0.1, 0.15) is 38.3 Å². The number of nitrogens with one attached hydrogen (secondary N) is 2. The smallest absolute Gasteiger partial charge is 0.221 e. The summed E-state index contributed by atoms with van der Waals surface area (Å²) in [6.45, 7) is 4.80. The van der Waals surface area contributed by atoms with Gasteiger partial charge in [0.2, 0.25) is 5.91 Å². The second-order valence-electron chi connectivity index (χ2n) is 4.44. The van der Waals surface area contributed by atoms with Crippen molar-refractivity contribution < 1.29 is 13.6 Å². The van der Waals surface area contributed by atoms with E-state index in [2.05, 4.69) is 10.6 Å². The normalized spacial score (nSPS) is 12.2. The summed E-state index contributed by atoms with van der Waals surface area (Å²) in [6, 6.07) is 3.03. The molecular weight excluding hydrogens is 250 g/mol. The maximum absolute atomic E-state index is 13.5. The summed E-state index contributed by atoms with van der Waals surface area (Å²) < 4.78 is 26.5. The first-order valence-corrected chi connectivity index (χ1v) is 6.49. The van der Waals surface area contributed by atoms with Crippen LogP contribution in [-0.4, -0.2) is 19.0 Å². The Morgan fingerprint density at radius 1 is 1.32 bits per heavy atom. The summed E-state index contributed by atoms with van der Waals surface area (Å²) >= 11 is 0. The zero-order valence-electron chi connectivity index (χ0n) is 11.3. The van der Waals surface area contributed by atoms with Gasteiger partial charge in [0, 0.05) is 31.1 Å². The highest BCUT2D eigenvalue weighted by molar-refractivity contribution is 5.75. The average Bonchev–Trinajstić information content (AvgIpc) is 2.39. The van der Waals surface area contributed by atoms with Crippen LogP contribution in [0.2, 0.25) is 0 Å². The first-order valence-electron chi connectivity index (χ1n) is 6.49. The molecule has 0 aliphatic heterocycles. The van der Waals surface area contributed by atoms with E-state index in [-0.39, 0.29) is 17.5 Å². The Hall–Kier alpha value is -1.49. The van der Waals surface area contributed by atoms with Gasteiger partial charge in [-0.15, -0.1) is 0 Å². The van der Waals surface area contributed by atoms with Crippen LogP contribution in [-0.2, 0) is 4.79 Å². The number of carbonyl (C=O) groups is 1. The van der Waals surface area contributed by atoms with Crippen LogP contribution in [0.25, 0.3) is 0 Å². The Kier molecular flexibility index (Phi) is 6.42. The van der Waals surface area contributed by atoms with Gasteiger partial charge in [0.15, 0.2) is 0 Å². The third-order valence-corrected chi connectivity index (χ3v) is 2.80. The zero-order chi connectivity index (χ0) is 14.3. The van der Waals surface area contributed by atoms with E-state index in [1.54, 1.807) is 6.92 Å². The van der Waals surface area contributed by atoms with Crippen molar-refractivity contribution in [1.82, 2.24) is 10.6 Å². The summed E-state index contributed by atoms with van der Waals surface area (Å²) in [5, 5.41) is 5.76. The van der Waals surface area contributed by atoms with E-state index in [1.165, 1.54) is 6.07 Å². The van der Waals surface area contributed by atoms with Gasteiger partial charge < -0.3 is 10.6 Å². The van der Waals surface area contributed by atoms with Gasteiger partial charge in [0.25, 0.3) is 0 Å². The molecular formula is C14H20F2N2O. The molecule has 0 saturated carbocycles. The lowest BCUT2D eigenvalue weighted by Gasteiger charge is -2.15. The molecule has 0 heterocycles. The fraction of sp³-hybridized carbons (Fsp3) is 0.500. The molecule has 1 aromatic carbocycles. The lowest BCUT2D eigenvalue weighted by Crippen LogP contribution is -2.29. The highest BCUT2D eigenvalue weighted by Crippen LogP contribution is 2.17. The third kappa shape index (κ3) is 5.34. The summed E-state index contributed by atoms with van der Waals surface area (Å²) in [5.41, 5.74) is 0.272. The Bertz CT molecular complexity index is 424. The largest absolute Gasteiger partial charge is 0.356 e. The summed E-state index contributed by atoms with van der Waals surface area (Å²) in [4.78, 5) is 11.4. The fourth-order valence-corrected chi connectivity index (χ4v) is 1.71. The van der Waals surface area contributed by atoms with E-state index in [0.29, 0.717) is 19.5 Å². The molecule has 1 amide bonds. The molecule has 0 aliphatic carbocycles. The van der Waals surface area contributed by atoms with Crippen molar-refractivity contribution in [2.24, 2.45) is 0 Å². The maximum Gasteiger partial charge on any atom is 0.221 e. The Morgan fingerprint density at radius 3 is 2.74 bits per heavy atom. The number of halogens is 2. The van der Waals surface area contributed by atoms with Gasteiger partial charge in [-0.1, -0.05) is 6.92 Å². The highest BCUT2D eigenvalue weighted by atomic mass is 19.1. The fourth-order valence-electron chi connectivity index (χ4n) is 1.71. The number of amides is 1. The average molecular weight is 270 g/mol. The van der Waals surface area contributed by atoms with Crippen molar-refractivity contribution in [3.05, 3.63) is 35.4 Å². The van der Waals surface area contributed by atoms with Gasteiger partial charge in [-0.2, -0.15) is 0 Å². The summed E-state index contributed by atoms with van der Waals surface area (Å²) in [7, 11) is 0. The number of carbonyl (C=O) groups excluding carboxylic acids is 1. The number of hydrogen-bond acceptors (Lipinski definition) is 2. The monoisotopic (exact) mass is 270 g/mol. The first-order chi connectivity index (χ1) is 9.04. The molecule has 0 bridgehead atoms. The minimum atomic E-state index is -0.467. The molecule has 0 aliphatic rings. The second-order valence-corrected chi connectivity index (χ2v) is 4.44. The Labute approximate surface area is 112 Å². The first kappa shape index (κ1) is 15.6. The quantitative estimate of drug-likeness (QED) is 0.799. The molecule has 106 valence electrons. The van der Waals surface area contributed by atoms with Gasteiger partial charge in [-0.3, -0.25) is 4.79 Å². The van der Waals surface area contributed by atoms with E-state index in [1.807, 2.05) is 6.92 Å². The molecule has 0 aromatic heterocycles. The minimum absolute atomic E-state index is 0.0405. The molecule has 0 spiro atoms. The second kappa shape index (κ2) is 7.84. The van der Waals surface area contributed by atoms with Crippen LogP contribution >= 0.6 is 0 Å². The Balaban J connectivity index is 2.41. The van der Waals surface area contributed by atoms with Crippen LogP contribution in [0, 0.1) is 11.6 Å². The molecule has 5 heteroatoms.